The molecule has 0 saturated heterocycles. The Labute approximate surface area is 88.4 Å². The average molecular weight is 212 g/mol. The zero-order chi connectivity index (χ0) is 11.1. The quantitative estimate of drug-likeness (QED) is 0.537. The molecule has 0 aliphatic carbocycles. The molecule has 6 nitrogen and oxygen atoms in total. The molecule has 84 valence electrons. The second kappa shape index (κ2) is 6.13. The van der Waals surface area contributed by atoms with Crippen LogP contribution in [-0.2, 0) is 11.3 Å². The summed E-state index contributed by atoms with van der Waals surface area (Å²) in [4.78, 5) is 11.4. The van der Waals surface area contributed by atoms with Gasteiger partial charge in [0.05, 0.1) is 19.3 Å². The molecule has 1 rings (SSSR count). The molecular weight excluding hydrogens is 196 g/mol. The van der Waals surface area contributed by atoms with Crippen LogP contribution in [0.1, 0.15) is 30.3 Å². The minimum atomic E-state index is -0.424. The highest BCUT2D eigenvalue weighted by atomic mass is 16.5. The van der Waals surface area contributed by atoms with Gasteiger partial charge in [0.25, 0.3) is 0 Å². The molecule has 0 fully saturated rings. The fraction of sp³-hybridized carbons (Fsp3) is 0.667. The molecule has 1 heterocycles. The van der Waals surface area contributed by atoms with E-state index < -0.39 is 5.97 Å². The standard InChI is InChI=1S/C9H16N4O2/c1-2-3-6-15-9(14)8-7-13(5-4-10)12-11-8/h7H,2-6,10H2,1H3. The Bertz CT molecular complexity index is 311. The molecule has 0 aliphatic rings. The van der Waals surface area contributed by atoms with Crippen LogP contribution in [0.2, 0.25) is 0 Å². The normalized spacial score (nSPS) is 10.3. The van der Waals surface area contributed by atoms with E-state index in [0.717, 1.165) is 12.8 Å². The van der Waals surface area contributed by atoms with Crippen LogP contribution < -0.4 is 5.73 Å². The lowest BCUT2D eigenvalue weighted by molar-refractivity contribution is 0.0492. The van der Waals surface area contributed by atoms with Crippen molar-refractivity contribution in [1.29, 1.82) is 0 Å². The van der Waals surface area contributed by atoms with Gasteiger partial charge in [0.1, 0.15) is 0 Å². The zero-order valence-corrected chi connectivity index (χ0v) is 8.85. The first-order chi connectivity index (χ1) is 7.27. The first-order valence-electron chi connectivity index (χ1n) is 5.05. The summed E-state index contributed by atoms with van der Waals surface area (Å²) in [6.45, 7) is 3.48. The number of ether oxygens (including phenoxy) is 1. The van der Waals surface area contributed by atoms with Crippen LogP contribution in [0, 0.1) is 0 Å². The lowest BCUT2D eigenvalue weighted by Crippen LogP contribution is -2.10. The Kier molecular flexibility index (Phi) is 4.76. The maximum absolute atomic E-state index is 11.4. The zero-order valence-electron chi connectivity index (χ0n) is 8.85. The van der Waals surface area contributed by atoms with Gasteiger partial charge in [0, 0.05) is 6.54 Å². The molecule has 15 heavy (non-hydrogen) atoms. The molecule has 0 spiro atoms. The average Bonchev–Trinajstić information content (AvgIpc) is 2.67. The monoisotopic (exact) mass is 212 g/mol. The van der Waals surface area contributed by atoms with Crippen molar-refractivity contribution >= 4 is 5.97 Å². The first-order valence-corrected chi connectivity index (χ1v) is 5.05. The minimum Gasteiger partial charge on any atom is -0.461 e. The number of rotatable bonds is 6. The Hall–Kier alpha value is -1.43. The summed E-state index contributed by atoms with van der Waals surface area (Å²) in [5, 5.41) is 7.44. The summed E-state index contributed by atoms with van der Waals surface area (Å²) in [5.41, 5.74) is 5.58. The summed E-state index contributed by atoms with van der Waals surface area (Å²) < 4.78 is 6.50. The van der Waals surface area contributed by atoms with Gasteiger partial charge in [-0.2, -0.15) is 0 Å². The second-order valence-corrected chi connectivity index (χ2v) is 3.15. The summed E-state index contributed by atoms with van der Waals surface area (Å²) in [6, 6.07) is 0. The molecule has 1 aromatic heterocycles. The van der Waals surface area contributed by atoms with E-state index in [-0.39, 0.29) is 5.69 Å². The van der Waals surface area contributed by atoms with Crippen LogP contribution >= 0.6 is 0 Å². The van der Waals surface area contributed by atoms with E-state index in [0.29, 0.717) is 19.7 Å². The number of hydrogen-bond donors (Lipinski definition) is 1. The number of unbranched alkanes of at least 4 members (excludes halogenated alkanes) is 1. The van der Waals surface area contributed by atoms with E-state index in [4.69, 9.17) is 10.5 Å². The van der Waals surface area contributed by atoms with Gasteiger partial charge < -0.3 is 10.5 Å². The summed E-state index contributed by atoms with van der Waals surface area (Å²) in [6.07, 6.45) is 3.40. The van der Waals surface area contributed by atoms with E-state index in [1.54, 1.807) is 6.20 Å². The van der Waals surface area contributed by atoms with Crippen molar-refractivity contribution < 1.29 is 9.53 Å². The maximum Gasteiger partial charge on any atom is 0.360 e. The Morgan fingerprint density at radius 1 is 1.67 bits per heavy atom. The largest absolute Gasteiger partial charge is 0.461 e. The van der Waals surface area contributed by atoms with Gasteiger partial charge in [0.15, 0.2) is 5.69 Å². The maximum atomic E-state index is 11.4. The summed E-state index contributed by atoms with van der Waals surface area (Å²) in [7, 11) is 0. The highest BCUT2D eigenvalue weighted by Crippen LogP contribution is 1.98. The van der Waals surface area contributed by atoms with Gasteiger partial charge in [-0.25, -0.2) is 4.79 Å². The third kappa shape index (κ3) is 3.67. The van der Waals surface area contributed by atoms with Crippen LogP contribution in [0.4, 0.5) is 0 Å². The molecule has 0 radical (unpaired) electrons. The van der Waals surface area contributed by atoms with Gasteiger partial charge in [-0.05, 0) is 6.42 Å². The number of aromatic nitrogens is 3. The van der Waals surface area contributed by atoms with Gasteiger partial charge in [0.2, 0.25) is 0 Å². The fourth-order valence-corrected chi connectivity index (χ4v) is 1.02. The van der Waals surface area contributed by atoms with E-state index in [9.17, 15) is 4.79 Å². The predicted molar refractivity (Wildman–Crippen MR) is 54.3 cm³/mol. The van der Waals surface area contributed by atoms with Gasteiger partial charge in [-0.1, -0.05) is 18.6 Å². The Morgan fingerprint density at radius 3 is 3.13 bits per heavy atom. The van der Waals surface area contributed by atoms with Crippen molar-refractivity contribution in [3.63, 3.8) is 0 Å². The molecule has 0 saturated carbocycles. The van der Waals surface area contributed by atoms with Crippen molar-refractivity contribution in [3.8, 4) is 0 Å². The first kappa shape index (κ1) is 11.6. The highest BCUT2D eigenvalue weighted by Gasteiger charge is 2.11. The van der Waals surface area contributed by atoms with Crippen LogP contribution in [0.3, 0.4) is 0 Å². The minimum absolute atomic E-state index is 0.236. The summed E-state index contributed by atoms with van der Waals surface area (Å²) in [5.74, 6) is -0.424. The topological polar surface area (TPSA) is 83.0 Å². The summed E-state index contributed by atoms with van der Waals surface area (Å²) >= 11 is 0. The molecule has 1 aromatic rings. The predicted octanol–water partition coefficient (Wildman–Crippen LogP) is 0.194. The fourth-order valence-electron chi connectivity index (χ4n) is 1.02. The van der Waals surface area contributed by atoms with Crippen LogP contribution in [0.15, 0.2) is 6.20 Å². The molecule has 0 aliphatic heterocycles. The lowest BCUT2D eigenvalue weighted by atomic mass is 10.4. The van der Waals surface area contributed by atoms with Crippen LogP contribution in [0.25, 0.3) is 0 Å². The second-order valence-electron chi connectivity index (χ2n) is 3.15. The lowest BCUT2D eigenvalue weighted by Gasteiger charge is -1.99. The molecule has 2 N–H and O–H groups in total. The van der Waals surface area contributed by atoms with Gasteiger partial charge in [-0.3, -0.25) is 4.68 Å². The van der Waals surface area contributed by atoms with E-state index in [1.807, 2.05) is 6.92 Å². The molecular formula is C9H16N4O2. The van der Waals surface area contributed by atoms with Crippen molar-refractivity contribution in [2.24, 2.45) is 5.73 Å². The van der Waals surface area contributed by atoms with Crippen LogP contribution in [0.5, 0.6) is 0 Å². The smallest absolute Gasteiger partial charge is 0.360 e. The van der Waals surface area contributed by atoms with Gasteiger partial charge >= 0.3 is 5.97 Å². The number of nitrogens with zero attached hydrogens (tertiary/aromatic N) is 3. The number of nitrogens with two attached hydrogens (primary N) is 1. The van der Waals surface area contributed by atoms with E-state index >= 15 is 0 Å². The SMILES string of the molecule is CCCCOC(=O)c1cn(CCN)nn1. The number of carbonyl (C=O) groups excluding carboxylic acids is 1. The number of hydrogen-bond acceptors (Lipinski definition) is 5. The van der Waals surface area contributed by atoms with Crippen molar-refractivity contribution in [2.45, 2.75) is 26.3 Å². The number of esters is 1. The van der Waals surface area contributed by atoms with E-state index in [2.05, 4.69) is 10.3 Å². The van der Waals surface area contributed by atoms with Crippen molar-refractivity contribution in [2.75, 3.05) is 13.2 Å². The highest BCUT2D eigenvalue weighted by molar-refractivity contribution is 5.86. The molecule has 0 atom stereocenters. The Morgan fingerprint density at radius 2 is 2.47 bits per heavy atom. The molecule has 0 amide bonds. The molecule has 0 aromatic carbocycles. The van der Waals surface area contributed by atoms with Crippen LogP contribution in [-0.4, -0.2) is 34.1 Å². The Balaban J connectivity index is 2.43. The van der Waals surface area contributed by atoms with E-state index in [1.165, 1.54) is 4.68 Å². The van der Waals surface area contributed by atoms with Crippen molar-refractivity contribution in [3.05, 3.63) is 11.9 Å². The molecule has 0 bridgehead atoms. The van der Waals surface area contributed by atoms with Gasteiger partial charge in [-0.15, -0.1) is 5.10 Å². The van der Waals surface area contributed by atoms with Crippen molar-refractivity contribution in [1.82, 2.24) is 15.0 Å². The molecule has 0 unspecified atom stereocenters. The number of carbonyl (C=O) groups is 1. The third-order valence-corrected chi connectivity index (χ3v) is 1.84. The molecule has 6 heteroatoms. The third-order valence-electron chi connectivity index (χ3n) is 1.84.